The molecule has 8 heteroatoms. The summed E-state index contributed by atoms with van der Waals surface area (Å²) in [5, 5.41) is 0. The summed E-state index contributed by atoms with van der Waals surface area (Å²) < 4.78 is 11.3. The maximum atomic E-state index is 13.3. The molecule has 3 aromatic heterocycles. The van der Waals surface area contributed by atoms with Crippen molar-refractivity contribution in [3.05, 3.63) is 82.8 Å². The van der Waals surface area contributed by atoms with Gasteiger partial charge in [-0.05, 0) is 49.6 Å². The van der Waals surface area contributed by atoms with E-state index in [0.717, 1.165) is 52.7 Å². The molecule has 1 atom stereocenters. The summed E-state index contributed by atoms with van der Waals surface area (Å²) in [6.45, 7) is 3.28. The number of likely N-dealkylation sites (tertiary alicyclic amines) is 1. The molecular weight excluding hydrogens is 448 g/mol. The van der Waals surface area contributed by atoms with Gasteiger partial charge in [-0.15, -0.1) is 11.3 Å². The molecular formula is C26H26N4O3S. The van der Waals surface area contributed by atoms with Crippen LogP contribution in [0.2, 0.25) is 0 Å². The van der Waals surface area contributed by atoms with E-state index >= 15 is 0 Å². The number of aromatic nitrogens is 3. The van der Waals surface area contributed by atoms with E-state index in [-0.39, 0.29) is 11.8 Å². The summed E-state index contributed by atoms with van der Waals surface area (Å²) in [5.74, 6) is 2.46. The Morgan fingerprint density at radius 1 is 1.21 bits per heavy atom. The van der Waals surface area contributed by atoms with Crippen LogP contribution in [0.25, 0.3) is 10.6 Å². The van der Waals surface area contributed by atoms with Gasteiger partial charge in [-0.2, -0.15) is 0 Å². The molecule has 1 fully saturated rings. The van der Waals surface area contributed by atoms with E-state index in [1.54, 1.807) is 31.1 Å². The second-order valence-corrected chi connectivity index (χ2v) is 9.33. The topological polar surface area (TPSA) is 81.4 Å². The Morgan fingerprint density at radius 3 is 2.82 bits per heavy atom. The van der Waals surface area contributed by atoms with Crippen molar-refractivity contribution >= 4 is 17.2 Å². The molecule has 1 unspecified atom stereocenters. The number of nitrogens with zero attached hydrogens (tertiary/aromatic N) is 4. The Bertz CT molecular complexity index is 1280. The number of hydrogen-bond acceptors (Lipinski definition) is 7. The van der Waals surface area contributed by atoms with E-state index < -0.39 is 0 Å². The molecule has 0 bridgehead atoms. The maximum absolute atomic E-state index is 13.3. The lowest BCUT2D eigenvalue weighted by Gasteiger charge is -2.31. The van der Waals surface area contributed by atoms with Gasteiger partial charge in [-0.3, -0.25) is 9.78 Å². The number of rotatable bonds is 6. The number of ether oxygens (including phenoxy) is 1. The van der Waals surface area contributed by atoms with Crippen molar-refractivity contribution in [2.75, 3.05) is 20.2 Å². The number of methoxy groups -OCH3 is 1. The Kier molecular flexibility index (Phi) is 6.40. The third-order valence-electron chi connectivity index (χ3n) is 6.15. The number of carbonyl (C=O) groups is 1. The first kappa shape index (κ1) is 22.3. The lowest BCUT2D eigenvalue weighted by Crippen LogP contribution is -2.39. The first-order valence-electron chi connectivity index (χ1n) is 11.3. The summed E-state index contributed by atoms with van der Waals surface area (Å²) in [5.41, 5.74) is 5.29. The van der Waals surface area contributed by atoms with E-state index in [1.807, 2.05) is 42.2 Å². The van der Waals surface area contributed by atoms with Crippen molar-refractivity contribution in [1.29, 1.82) is 0 Å². The Morgan fingerprint density at radius 2 is 2.06 bits per heavy atom. The van der Waals surface area contributed by atoms with Crippen LogP contribution in [-0.4, -0.2) is 46.0 Å². The summed E-state index contributed by atoms with van der Waals surface area (Å²) in [4.78, 5) is 29.5. The van der Waals surface area contributed by atoms with Crippen molar-refractivity contribution in [2.45, 2.75) is 32.1 Å². The SMILES string of the molecule is COc1ccc(Cc2cnc(C3CCCN(C(=O)c4ccnc(-c5scnc5C)c4)C3)o2)cc1. The van der Waals surface area contributed by atoms with Crippen molar-refractivity contribution in [2.24, 2.45) is 0 Å². The average molecular weight is 475 g/mol. The predicted molar refractivity (Wildman–Crippen MR) is 130 cm³/mol. The number of carbonyl (C=O) groups excluding carboxylic acids is 1. The largest absolute Gasteiger partial charge is 0.497 e. The molecule has 1 aliphatic rings. The van der Waals surface area contributed by atoms with Gasteiger partial charge in [0, 0.05) is 31.3 Å². The highest BCUT2D eigenvalue weighted by Crippen LogP contribution is 2.30. The second-order valence-electron chi connectivity index (χ2n) is 8.48. The highest BCUT2D eigenvalue weighted by Gasteiger charge is 2.28. The number of aryl methyl sites for hydroxylation is 1. The first-order chi connectivity index (χ1) is 16.6. The number of hydrogen-bond donors (Lipinski definition) is 0. The van der Waals surface area contributed by atoms with Crippen molar-refractivity contribution < 1.29 is 13.9 Å². The van der Waals surface area contributed by atoms with Crippen LogP contribution in [0.4, 0.5) is 0 Å². The molecule has 0 N–H and O–H groups in total. The van der Waals surface area contributed by atoms with Gasteiger partial charge in [0.2, 0.25) is 0 Å². The highest BCUT2D eigenvalue weighted by molar-refractivity contribution is 7.13. The van der Waals surface area contributed by atoms with Gasteiger partial charge in [-0.1, -0.05) is 12.1 Å². The van der Waals surface area contributed by atoms with E-state index in [0.29, 0.717) is 24.4 Å². The third kappa shape index (κ3) is 4.72. The molecule has 34 heavy (non-hydrogen) atoms. The number of piperidine rings is 1. The third-order valence-corrected chi connectivity index (χ3v) is 7.10. The molecule has 1 amide bonds. The molecule has 174 valence electrons. The first-order valence-corrected chi connectivity index (χ1v) is 12.2. The quantitative estimate of drug-likeness (QED) is 0.386. The summed E-state index contributed by atoms with van der Waals surface area (Å²) >= 11 is 1.54. The molecule has 0 spiro atoms. The van der Waals surface area contributed by atoms with Gasteiger partial charge in [0.05, 0.1) is 41.0 Å². The molecule has 5 rings (SSSR count). The molecule has 4 heterocycles. The van der Waals surface area contributed by atoms with Gasteiger partial charge in [0.1, 0.15) is 11.5 Å². The molecule has 1 aromatic carbocycles. The molecule has 4 aromatic rings. The number of thiazole rings is 1. The van der Waals surface area contributed by atoms with Gasteiger partial charge < -0.3 is 14.1 Å². The Hall–Kier alpha value is -3.52. The number of amides is 1. The number of benzene rings is 1. The zero-order chi connectivity index (χ0) is 23.5. The van der Waals surface area contributed by atoms with E-state index in [1.165, 1.54) is 11.3 Å². The van der Waals surface area contributed by atoms with Crippen LogP contribution in [0.5, 0.6) is 5.75 Å². The minimum absolute atomic E-state index is 0.0144. The van der Waals surface area contributed by atoms with Gasteiger partial charge in [-0.25, -0.2) is 9.97 Å². The van der Waals surface area contributed by atoms with Crippen LogP contribution in [0, 0.1) is 6.92 Å². The summed E-state index contributed by atoms with van der Waals surface area (Å²) in [7, 11) is 1.66. The predicted octanol–water partition coefficient (Wildman–Crippen LogP) is 5.12. The summed E-state index contributed by atoms with van der Waals surface area (Å²) in [6, 6.07) is 11.6. The van der Waals surface area contributed by atoms with Crippen LogP contribution in [0.15, 0.2) is 58.7 Å². The zero-order valence-corrected chi connectivity index (χ0v) is 20.0. The van der Waals surface area contributed by atoms with Crippen molar-refractivity contribution in [3.63, 3.8) is 0 Å². The molecule has 7 nitrogen and oxygen atoms in total. The Balaban J connectivity index is 1.27. The molecule has 1 aliphatic heterocycles. The molecule has 0 radical (unpaired) electrons. The van der Waals surface area contributed by atoms with Crippen LogP contribution in [-0.2, 0) is 6.42 Å². The zero-order valence-electron chi connectivity index (χ0n) is 19.2. The van der Waals surface area contributed by atoms with E-state index in [2.05, 4.69) is 15.0 Å². The highest BCUT2D eigenvalue weighted by atomic mass is 32.1. The fourth-order valence-electron chi connectivity index (χ4n) is 4.32. The van der Waals surface area contributed by atoms with Crippen molar-refractivity contribution in [1.82, 2.24) is 19.9 Å². The van der Waals surface area contributed by atoms with E-state index in [9.17, 15) is 4.79 Å². The van der Waals surface area contributed by atoms with Gasteiger partial charge >= 0.3 is 0 Å². The molecule has 0 aliphatic carbocycles. The minimum Gasteiger partial charge on any atom is -0.497 e. The van der Waals surface area contributed by atoms with Crippen molar-refractivity contribution in [3.8, 4) is 16.3 Å². The fraction of sp³-hybridized carbons (Fsp3) is 0.308. The average Bonchev–Trinajstić information content (AvgIpc) is 3.53. The maximum Gasteiger partial charge on any atom is 0.254 e. The normalized spacial score (nSPS) is 15.9. The lowest BCUT2D eigenvalue weighted by atomic mass is 9.97. The van der Waals surface area contributed by atoms with Crippen LogP contribution < -0.4 is 4.74 Å². The number of pyridine rings is 1. The lowest BCUT2D eigenvalue weighted by molar-refractivity contribution is 0.0698. The van der Waals surface area contributed by atoms with E-state index in [4.69, 9.17) is 9.15 Å². The Labute approximate surface area is 202 Å². The monoisotopic (exact) mass is 474 g/mol. The standard InChI is InChI=1S/C26H26N4O3S/c1-17-24(34-16-29-17)23-13-19(9-10-27-23)26(31)30-11-3-4-20(15-30)25-28-14-22(33-25)12-18-5-7-21(32-2)8-6-18/h5-10,13-14,16,20H,3-4,11-12,15H2,1-2H3. The van der Waals surface area contributed by atoms with Crippen LogP contribution in [0.1, 0.15) is 52.0 Å². The van der Waals surface area contributed by atoms with Crippen LogP contribution in [0.3, 0.4) is 0 Å². The van der Waals surface area contributed by atoms with Gasteiger partial charge in [0.25, 0.3) is 5.91 Å². The molecule has 0 saturated carbocycles. The van der Waals surface area contributed by atoms with Gasteiger partial charge in [0.15, 0.2) is 5.89 Å². The summed E-state index contributed by atoms with van der Waals surface area (Å²) in [6.07, 6.45) is 6.03. The fourth-order valence-corrected chi connectivity index (χ4v) is 5.09. The second kappa shape index (κ2) is 9.77. The minimum atomic E-state index is 0.0144. The molecule has 1 saturated heterocycles. The smallest absolute Gasteiger partial charge is 0.254 e. The number of oxazole rings is 1. The van der Waals surface area contributed by atoms with Crippen LogP contribution >= 0.6 is 11.3 Å².